The van der Waals surface area contributed by atoms with Gasteiger partial charge in [-0.05, 0) is 19.9 Å². The molecule has 0 saturated carbocycles. The monoisotopic (exact) mass is 249 g/mol. The van der Waals surface area contributed by atoms with Crippen LogP contribution in [0.25, 0.3) is 0 Å². The van der Waals surface area contributed by atoms with Gasteiger partial charge in [-0.1, -0.05) is 6.92 Å². The summed E-state index contributed by atoms with van der Waals surface area (Å²) in [6.07, 6.45) is -1.48. The van der Waals surface area contributed by atoms with Gasteiger partial charge in [-0.25, -0.2) is 4.98 Å². The molecule has 0 aliphatic rings. The van der Waals surface area contributed by atoms with Gasteiger partial charge >= 0.3 is 6.18 Å². The molecule has 0 amide bonds. The van der Waals surface area contributed by atoms with Crippen LogP contribution in [0.3, 0.4) is 0 Å². The lowest BCUT2D eigenvalue weighted by Crippen LogP contribution is -2.26. The van der Waals surface area contributed by atoms with Crippen molar-refractivity contribution in [2.45, 2.75) is 45.5 Å². The molecule has 0 aliphatic heterocycles. The van der Waals surface area contributed by atoms with Crippen molar-refractivity contribution in [3.8, 4) is 0 Å². The van der Waals surface area contributed by atoms with E-state index >= 15 is 0 Å². The summed E-state index contributed by atoms with van der Waals surface area (Å²) in [5.74, 6) is 0.679. The predicted octanol–water partition coefficient (Wildman–Crippen LogP) is 2.90. The minimum absolute atomic E-state index is 0.0222. The molecule has 1 heterocycles. The molecule has 0 aliphatic carbocycles. The van der Waals surface area contributed by atoms with Crippen LogP contribution < -0.4 is 5.32 Å². The Hall–Kier alpha value is -1.04. The van der Waals surface area contributed by atoms with E-state index in [0.29, 0.717) is 18.9 Å². The van der Waals surface area contributed by atoms with Gasteiger partial charge in [-0.3, -0.25) is 0 Å². The molecule has 0 spiro atoms. The normalized spacial score (nSPS) is 13.9. The molecule has 3 nitrogen and oxygen atoms in total. The Bertz CT molecular complexity index is 333. The number of hydrogen-bond donors (Lipinski definition) is 1. The molecule has 1 unspecified atom stereocenters. The summed E-state index contributed by atoms with van der Waals surface area (Å²) in [5.41, 5.74) is 0. The number of imidazole rings is 1. The van der Waals surface area contributed by atoms with E-state index in [4.69, 9.17) is 0 Å². The smallest absolute Gasteiger partial charge is 0.334 e. The van der Waals surface area contributed by atoms with Gasteiger partial charge in [0.2, 0.25) is 0 Å². The second kappa shape index (κ2) is 6.05. The van der Waals surface area contributed by atoms with Crippen molar-refractivity contribution in [3.05, 3.63) is 18.2 Å². The lowest BCUT2D eigenvalue weighted by molar-refractivity contribution is -0.136. The Morgan fingerprint density at radius 3 is 2.65 bits per heavy atom. The summed E-state index contributed by atoms with van der Waals surface area (Å²) >= 11 is 0. The zero-order valence-corrected chi connectivity index (χ0v) is 10.1. The van der Waals surface area contributed by atoms with Crippen LogP contribution in [-0.2, 0) is 6.54 Å². The fourth-order valence-electron chi connectivity index (χ4n) is 1.78. The maximum Gasteiger partial charge on any atom is 0.389 e. The zero-order valence-electron chi connectivity index (χ0n) is 10.1. The highest BCUT2D eigenvalue weighted by Crippen LogP contribution is 2.26. The third-order valence-electron chi connectivity index (χ3n) is 2.57. The van der Waals surface area contributed by atoms with Crippen LogP contribution >= 0.6 is 0 Å². The van der Waals surface area contributed by atoms with E-state index in [1.165, 1.54) is 0 Å². The summed E-state index contributed by atoms with van der Waals surface area (Å²) in [6.45, 7) is 5.15. The highest BCUT2D eigenvalue weighted by atomic mass is 19.4. The van der Waals surface area contributed by atoms with E-state index in [9.17, 15) is 13.2 Å². The first kappa shape index (κ1) is 14.0. The summed E-state index contributed by atoms with van der Waals surface area (Å²) < 4.78 is 38.5. The summed E-state index contributed by atoms with van der Waals surface area (Å²) in [4.78, 5) is 4.14. The number of alkyl halides is 3. The van der Waals surface area contributed by atoms with E-state index in [-0.39, 0.29) is 12.5 Å². The molecule has 1 aromatic heterocycles. The van der Waals surface area contributed by atoms with Crippen LogP contribution in [0.15, 0.2) is 12.4 Å². The highest BCUT2D eigenvalue weighted by Gasteiger charge is 2.29. The van der Waals surface area contributed by atoms with Crippen LogP contribution in [0, 0.1) is 0 Å². The maximum absolute atomic E-state index is 12.2. The van der Waals surface area contributed by atoms with Gasteiger partial charge in [-0.2, -0.15) is 13.2 Å². The van der Waals surface area contributed by atoms with E-state index in [1.54, 1.807) is 12.4 Å². The van der Waals surface area contributed by atoms with E-state index in [0.717, 1.165) is 0 Å². The Morgan fingerprint density at radius 1 is 1.41 bits per heavy atom. The fraction of sp³-hybridized carbons (Fsp3) is 0.727. The fourth-order valence-corrected chi connectivity index (χ4v) is 1.78. The van der Waals surface area contributed by atoms with Crippen molar-refractivity contribution in [3.63, 3.8) is 0 Å². The van der Waals surface area contributed by atoms with Gasteiger partial charge in [0.1, 0.15) is 5.82 Å². The lowest BCUT2D eigenvalue weighted by atomic mass is 10.1. The molecular formula is C11H18F3N3. The second-order valence-electron chi connectivity index (χ2n) is 3.84. The Balaban J connectivity index is 2.71. The van der Waals surface area contributed by atoms with Crippen molar-refractivity contribution in [2.24, 2.45) is 0 Å². The van der Waals surface area contributed by atoms with Gasteiger partial charge in [-0.15, -0.1) is 0 Å². The first-order chi connectivity index (χ1) is 7.98. The number of hydrogen-bond acceptors (Lipinski definition) is 2. The van der Waals surface area contributed by atoms with Gasteiger partial charge in [0, 0.05) is 25.4 Å². The standard InChI is InChI=1S/C11H18F3N3/c1-3-15-9(5-6-11(12,13)14)10-16-7-8-17(10)4-2/h7-9,15H,3-6H2,1-2H3. The Labute approximate surface area is 99.0 Å². The number of halogens is 3. The molecule has 0 aromatic carbocycles. The first-order valence-corrected chi connectivity index (χ1v) is 5.79. The molecule has 1 rings (SSSR count). The summed E-state index contributed by atoms with van der Waals surface area (Å²) in [5, 5.41) is 3.05. The minimum atomic E-state index is -4.11. The molecule has 0 fully saturated rings. The number of aryl methyl sites for hydroxylation is 1. The molecule has 0 saturated heterocycles. The number of aromatic nitrogens is 2. The molecule has 0 radical (unpaired) electrons. The average molecular weight is 249 g/mol. The number of rotatable bonds is 6. The van der Waals surface area contributed by atoms with E-state index < -0.39 is 12.6 Å². The van der Waals surface area contributed by atoms with Gasteiger partial charge in [0.25, 0.3) is 0 Å². The number of nitrogens with zero attached hydrogens (tertiary/aromatic N) is 2. The predicted molar refractivity (Wildman–Crippen MR) is 59.6 cm³/mol. The third kappa shape index (κ3) is 4.38. The molecule has 1 N–H and O–H groups in total. The minimum Gasteiger partial charge on any atom is -0.334 e. The topological polar surface area (TPSA) is 29.9 Å². The third-order valence-corrected chi connectivity index (χ3v) is 2.57. The van der Waals surface area contributed by atoms with Crippen molar-refractivity contribution in [2.75, 3.05) is 6.54 Å². The van der Waals surface area contributed by atoms with Crippen molar-refractivity contribution >= 4 is 0 Å². The quantitative estimate of drug-likeness (QED) is 0.840. The molecule has 17 heavy (non-hydrogen) atoms. The van der Waals surface area contributed by atoms with Gasteiger partial charge in [0.05, 0.1) is 6.04 Å². The van der Waals surface area contributed by atoms with Gasteiger partial charge in [0.15, 0.2) is 0 Å². The van der Waals surface area contributed by atoms with Crippen LogP contribution in [0.2, 0.25) is 0 Å². The summed E-state index contributed by atoms with van der Waals surface area (Å²) in [6, 6.07) is -0.337. The molecule has 98 valence electrons. The van der Waals surface area contributed by atoms with Crippen LogP contribution in [0.1, 0.15) is 38.6 Å². The van der Waals surface area contributed by atoms with Crippen LogP contribution in [0.5, 0.6) is 0 Å². The molecule has 6 heteroatoms. The number of nitrogens with one attached hydrogen (secondary N) is 1. The molecule has 1 atom stereocenters. The lowest BCUT2D eigenvalue weighted by Gasteiger charge is -2.19. The molecular weight excluding hydrogens is 231 g/mol. The van der Waals surface area contributed by atoms with Crippen molar-refractivity contribution in [1.29, 1.82) is 0 Å². The second-order valence-corrected chi connectivity index (χ2v) is 3.84. The van der Waals surface area contributed by atoms with Crippen LogP contribution in [0.4, 0.5) is 13.2 Å². The van der Waals surface area contributed by atoms with Crippen molar-refractivity contribution in [1.82, 2.24) is 14.9 Å². The Kier molecular flexibility index (Phi) is 4.99. The average Bonchev–Trinajstić information content (AvgIpc) is 2.70. The molecule has 0 bridgehead atoms. The Morgan fingerprint density at radius 2 is 2.12 bits per heavy atom. The highest BCUT2D eigenvalue weighted by molar-refractivity contribution is 4.99. The van der Waals surface area contributed by atoms with Crippen molar-refractivity contribution < 1.29 is 13.2 Å². The zero-order chi connectivity index (χ0) is 12.9. The first-order valence-electron chi connectivity index (χ1n) is 5.79. The molecule has 1 aromatic rings. The largest absolute Gasteiger partial charge is 0.389 e. The maximum atomic E-state index is 12.2. The van der Waals surface area contributed by atoms with E-state index in [2.05, 4.69) is 10.3 Å². The van der Waals surface area contributed by atoms with E-state index in [1.807, 2.05) is 18.4 Å². The SMILES string of the molecule is CCNC(CCC(F)(F)F)c1nccn1CC. The van der Waals surface area contributed by atoms with Crippen LogP contribution in [-0.4, -0.2) is 22.3 Å². The van der Waals surface area contributed by atoms with Gasteiger partial charge < -0.3 is 9.88 Å². The summed E-state index contributed by atoms with van der Waals surface area (Å²) in [7, 11) is 0.